The van der Waals surface area contributed by atoms with Crippen molar-refractivity contribution < 1.29 is 0 Å². The second kappa shape index (κ2) is 5.65. The molecule has 3 aromatic rings. The number of rotatable bonds is 3. The van der Waals surface area contributed by atoms with Crippen molar-refractivity contribution in [3.63, 3.8) is 0 Å². The molecule has 0 aliphatic heterocycles. The molecular formula is C22H20. The van der Waals surface area contributed by atoms with Crippen LogP contribution in [0.5, 0.6) is 0 Å². The quantitative estimate of drug-likeness (QED) is 0.488. The molecule has 0 spiro atoms. The van der Waals surface area contributed by atoms with Crippen molar-refractivity contribution in [3.8, 4) is 0 Å². The predicted octanol–water partition coefficient (Wildman–Crippen LogP) is 4.58. The normalized spacial score (nSPS) is 12.0. The van der Waals surface area contributed by atoms with Crippen molar-refractivity contribution >= 4 is 40.3 Å². The highest BCUT2D eigenvalue weighted by atomic mass is 14.2. The van der Waals surface area contributed by atoms with Gasteiger partial charge in [0.1, 0.15) is 0 Å². The molecule has 0 radical (unpaired) electrons. The SMILES string of the molecule is C=CCc1c2cccc(=C)c2c(C=C)c2ccc/c(=C/C)c12. The summed E-state index contributed by atoms with van der Waals surface area (Å²) in [7, 11) is 0. The van der Waals surface area contributed by atoms with Gasteiger partial charge in [0.15, 0.2) is 0 Å². The highest BCUT2D eigenvalue weighted by Crippen LogP contribution is 2.30. The summed E-state index contributed by atoms with van der Waals surface area (Å²) in [6.07, 6.45) is 6.95. The highest BCUT2D eigenvalue weighted by molar-refractivity contribution is 6.10. The van der Waals surface area contributed by atoms with Crippen LogP contribution in [0.1, 0.15) is 18.1 Å². The molecule has 0 N–H and O–H groups in total. The third-order valence-corrected chi connectivity index (χ3v) is 4.30. The Morgan fingerprint density at radius 3 is 2.36 bits per heavy atom. The maximum Gasteiger partial charge on any atom is -0.00357 e. The molecule has 0 heteroatoms. The van der Waals surface area contributed by atoms with Crippen molar-refractivity contribution in [1.82, 2.24) is 0 Å². The van der Waals surface area contributed by atoms with Crippen LogP contribution in [-0.4, -0.2) is 0 Å². The minimum atomic E-state index is 0.846. The van der Waals surface area contributed by atoms with Gasteiger partial charge in [-0.1, -0.05) is 67.8 Å². The minimum Gasteiger partial charge on any atom is -0.103 e. The van der Waals surface area contributed by atoms with E-state index in [9.17, 15) is 0 Å². The number of fused-ring (bicyclic) bond motifs is 2. The van der Waals surface area contributed by atoms with Gasteiger partial charge in [0.2, 0.25) is 0 Å². The van der Waals surface area contributed by atoms with Gasteiger partial charge in [0.25, 0.3) is 0 Å². The summed E-state index contributed by atoms with van der Waals surface area (Å²) >= 11 is 0. The standard InChI is InChI=1S/C22H20/c1-5-10-18-20-13-8-11-15(4)21(20)17(7-3)19-14-9-12-16(6-2)22(18)19/h5-9,11-14H,1,3-4,10H2,2H3/b16-6-. The van der Waals surface area contributed by atoms with E-state index in [1.54, 1.807) is 0 Å². The van der Waals surface area contributed by atoms with Crippen LogP contribution in [0.4, 0.5) is 0 Å². The Labute approximate surface area is 131 Å². The highest BCUT2D eigenvalue weighted by Gasteiger charge is 2.12. The summed E-state index contributed by atoms with van der Waals surface area (Å²) in [5.41, 5.74) is 2.50. The molecule has 0 bridgehead atoms. The smallest absolute Gasteiger partial charge is 0.00357 e. The molecule has 0 aromatic heterocycles. The second-order valence-corrected chi connectivity index (χ2v) is 5.49. The van der Waals surface area contributed by atoms with Gasteiger partial charge in [-0.2, -0.15) is 0 Å². The molecule has 0 nitrogen and oxygen atoms in total. The average molecular weight is 284 g/mol. The van der Waals surface area contributed by atoms with Gasteiger partial charge in [-0.15, -0.1) is 6.58 Å². The monoisotopic (exact) mass is 284 g/mol. The van der Waals surface area contributed by atoms with E-state index in [-0.39, 0.29) is 0 Å². The number of allylic oxidation sites excluding steroid dienone is 1. The first-order valence-electron chi connectivity index (χ1n) is 7.57. The molecule has 0 aliphatic rings. The Balaban J connectivity index is 2.77. The molecule has 0 saturated carbocycles. The first kappa shape index (κ1) is 14.3. The van der Waals surface area contributed by atoms with Crippen molar-refractivity contribution in [2.24, 2.45) is 0 Å². The Bertz CT molecular complexity index is 1000. The molecule has 0 saturated heterocycles. The van der Waals surface area contributed by atoms with Gasteiger partial charge in [-0.3, -0.25) is 0 Å². The van der Waals surface area contributed by atoms with Crippen LogP contribution in [0.15, 0.2) is 55.6 Å². The molecular weight excluding hydrogens is 264 g/mol. The maximum absolute atomic E-state index is 4.23. The van der Waals surface area contributed by atoms with Gasteiger partial charge in [-0.25, -0.2) is 0 Å². The fourth-order valence-electron chi connectivity index (χ4n) is 3.38. The van der Waals surface area contributed by atoms with E-state index in [2.05, 4.69) is 69.1 Å². The van der Waals surface area contributed by atoms with Crippen molar-refractivity contribution in [2.45, 2.75) is 13.3 Å². The lowest BCUT2D eigenvalue weighted by Crippen LogP contribution is -2.09. The van der Waals surface area contributed by atoms with E-state index in [0.29, 0.717) is 0 Å². The van der Waals surface area contributed by atoms with Gasteiger partial charge in [0.05, 0.1) is 0 Å². The van der Waals surface area contributed by atoms with E-state index >= 15 is 0 Å². The third kappa shape index (κ3) is 2.00. The van der Waals surface area contributed by atoms with Crippen molar-refractivity contribution in [3.05, 3.63) is 77.2 Å². The van der Waals surface area contributed by atoms with Crippen LogP contribution < -0.4 is 10.4 Å². The van der Waals surface area contributed by atoms with Crippen LogP contribution in [0.2, 0.25) is 0 Å². The summed E-state index contributed by atoms with van der Waals surface area (Å²) in [5, 5.41) is 7.31. The van der Waals surface area contributed by atoms with Crippen molar-refractivity contribution in [1.29, 1.82) is 0 Å². The van der Waals surface area contributed by atoms with Crippen molar-refractivity contribution in [2.75, 3.05) is 0 Å². The lowest BCUT2D eigenvalue weighted by Gasteiger charge is -2.15. The number of hydrogen-bond donors (Lipinski definition) is 0. The fourth-order valence-corrected chi connectivity index (χ4v) is 3.38. The van der Waals surface area contributed by atoms with E-state index < -0.39 is 0 Å². The Hall–Kier alpha value is -2.60. The second-order valence-electron chi connectivity index (χ2n) is 5.49. The van der Waals surface area contributed by atoms with Gasteiger partial charge in [0, 0.05) is 0 Å². The molecule has 0 heterocycles. The zero-order valence-electron chi connectivity index (χ0n) is 13.0. The average Bonchev–Trinajstić information content (AvgIpc) is 2.55. The van der Waals surface area contributed by atoms with Crippen LogP contribution >= 0.6 is 0 Å². The number of benzene rings is 3. The molecule has 22 heavy (non-hydrogen) atoms. The largest absolute Gasteiger partial charge is 0.103 e. The van der Waals surface area contributed by atoms with E-state index in [1.165, 1.54) is 37.9 Å². The topological polar surface area (TPSA) is 0 Å². The molecule has 0 amide bonds. The summed E-state index contributed by atoms with van der Waals surface area (Å²) < 4.78 is 0. The molecule has 3 rings (SSSR count). The molecule has 108 valence electrons. The Morgan fingerprint density at radius 2 is 1.68 bits per heavy atom. The van der Waals surface area contributed by atoms with Crippen LogP contribution in [0, 0.1) is 0 Å². The minimum absolute atomic E-state index is 0.846. The van der Waals surface area contributed by atoms with E-state index in [1.807, 2.05) is 12.2 Å². The molecule has 3 aromatic carbocycles. The fraction of sp³-hybridized carbons (Fsp3) is 0.0909. The summed E-state index contributed by atoms with van der Waals surface area (Å²) in [6, 6.07) is 12.8. The lowest BCUT2D eigenvalue weighted by molar-refractivity contribution is 1.33. The Kier molecular flexibility index (Phi) is 3.68. The molecule has 0 unspecified atom stereocenters. The van der Waals surface area contributed by atoms with Crippen LogP contribution in [-0.2, 0) is 6.42 Å². The molecule has 0 aliphatic carbocycles. The maximum atomic E-state index is 4.23. The lowest BCUT2D eigenvalue weighted by atomic mass is 9.88. The van der Waals surface area contributed by atoms with Gasteiger partial charge >= 0.3 is 0 Å². The first-order valence-corrected chi connectivity index (χ1v) is 7.57. The van der Waals surface area contributed by atoms with E-state index in [4.69, 9.17) is 0 Å². The molecule has 0 atom stereocenters. The zero-order valence-corrected chi connectivity index (χ0v) is 13.0. The van der Waals surface area contributed by atoms with E-state index in [0.717, 1.165) is 11.6 Å². The zero-order chi connectivity index (χ0) is 15.7. The number of hydrogen-bond acceptors (Lipinski definition) is 0. The summed E-state index contributed by atoms with van der Waals surface area (Å²) in [4.78, 5) is 0. The van der Waals surface area contributed by atoms with Crippen LogP contribution in [0.3, 0.4) is 0 Å². The van der Waals surface area contributed by atoms with Gasteiger partial charge < -0.3 is 0 Å². The third-order valence-electron chi connectivity index (χ3n) is 4.30. The Morgan fingerprint density at radius 1 is 0.955 bits per heavy atom. The van der Waals surface area contributed by atoms with Crippen LogP contribution in [0.25, 0.3) is 40.3 Å². The predicted molar refractivity (Wildman–Crippen MR) is 100 cm³/mol. The summed E-state index contributed by atoms with van der Waals surface area (Å²) in [5.74, 6) is 0. The summed E-state index contributed by atoms with van der Waals surface area (Å²) in [6.45, 7) is 14.3. The van der Waals surface area contributed by atoms with Gasteiger partial charge in [-0.05, 0) is 56.5 Å². The molecule has 0 fully saturated rings. The first-order chi connectivity index (χ1) is 10.7.